The van der Waals surface area contributed by atoms with Gasteiger partial charge in [-0.3, -0.25) is 0 Å². The monoisotopic (exact) mass is 101 g/mol. The Morgan fingerprint density at radius 3 is 2.57 bits per heavy atom. The lowest BCUT2D eigenvalue weighted by atomic mass is 10.2. The van der Waals surface area contributed by atoms with E-state index in [9.17, 15) is 0 Å². The molecule has 0 bridgehead atoms. The molecule has 0 radical (unpaired) electrons. The van der Waals surface area contributed by atoms with E-state index in [1.165, 1.54) is 0 Å². The number of hydrogen-bond acceptors (Lipinski definition) is 2. The molecule has 1 saturated heterocycles. The average molecular weight is 101 g/mol. The Labute approximate surface area is 43.5 Å². The smallest absolute Gasteiger partial charge is 0.0702 e. The fraction of sp³-hybridized carbons (Fsp3) is 1.00. The molecule has 1 rings (SSSR count). The van der Waals surface area contributed by atoms with Gasteiger partial charge in [-0.1, -0.05) is 0 Å². The summed E-state index contributed by atoms with van der Waals surface area (Å²) in [5.74, 6) is 0. The van der Waals surface area contributed by atoms with Crippen molar-refractivity contribution in [2.75, 3.05) is 6.54 Å². The Morgan fingerprint density at radius 1 is 1.71 bits per heavy atom. The number of hydrogen-bond donors (Lipinski definition) is 2. The summed E-state index contributed by atoms with van der Waals surface area (Å²) >= 11 is 0. The molecule has 1 aliphatic rings. The predicted molar refractivity (Wildman–Crippen MR) is 28.1 cm³/mol. The van der Waals surface area contributed by atoms with E-state index in [0.717, 1.165) is 13.0 Å². The van der Waals surface area contributed by atoms with Gasteiger partial charge in [-0.25, -0.2) is 0 Å². The zero-order chi connectivity index (χ0) is 5.28. The quantitative estimate of drug-likeness (QED) is 0.440. The molecule has 1 heterocycles. The molecule has 0 aliphatic carbocycles. The van der Waals surface area contributed by atoms with Gasteiger partial charge in [-0.05, 0) is 19.9 Å². The molecule has 0 aromatic heterocycles. The molecule has 2 heteroatoms. The highest BCUT2D eigenvalue weighted by atomic mass is 16.3. The van der Waals surface area contributed by atoms with Crippen LogP contribution in [0, 0.1) is 0 Å². The van der Waals surface area contributed by atoms with Crippen molar-refractivity contribution < 1.29 is 5.11 Å². The van der Waals surface area contributed by atoms with Crippen molar-refractivity contribution in [2.45, 2.75) is 25.5 Å². The van der Waals surface area contributed by atoms with Gasteiger partial charge in [-0.15, -0.1) is 0 Å². The highest BCUT2D eigenvalue weighted by Gasteiger charge is 2.18. The van der Waals surface area contributed by atoms with Crippen LogP contribution in [0.3, 0.4) is 0 Å². The fourth-order valence-electron chi connectivity index (χ4n) is 0.845. The van der Waals surface area contributed by atoms with E-state index in [4.69, 9.17) is 5.11 Å². The first-order chi connectivity index (χ1) is 3.30. The van der Waals surface area contributed by atoms with Crippen LogP contribution in [0.4, 0.5) is 0 Å². The van der Waals surface area contributed by atoms with E-state index in [1.807, 2.05) is 6.92 Å². The molecule has 0 aromatic carbocycles. The standard InChI is InChI=1S/C5H11NO/c1-4-5(7)2-3-6-4/h4-7H,2-3H2,1H3/t4-,5-/m0/s1. The molecule has 2 atom stereocenters. The number of aliphatic hydroxyl groups excluding tert-OH is 1. The minimum atomic E-state index is -0.0972. The Bertz CT molecular complexity index is 57.1. The maximum Gasteiger partial charge on any atom is 0.0702 e. The van der Waals surface area contributed by atoms with Gasteiger partial charge in [0.05, 0.1) is 6.10 Å². The van der Waals surface area contributed by atoms with Gasteiger partial charge in [0.1, 0.15) is 0 Å². The lowest BCUT2D eigenvalue weighted by Gasteiger charge is -2.04. The second kappa shape index (κ2) is 1.80. The molecule has 0 saturated carbocycles. The van der Waals surface area contributed by atoms with Crippen molar-refractivity contribution >= 4 is 0 Å². The Kier molecular flexibility index (Phi) is 1.30. The molecular weight excluding hydrogens is 90.1 g/mol. The van der Waals surface area contributed by atoms with Gasteiger partial charge < -0.3 is 10.4 Å². The summed E-state index contributed by atoms with van der Waals surface area (Å²) < 4.78 is 0. The molecule has 2 nitrogen and oxygen atoms in total. The summed E-state index contributed by atoms with van der Waals surface area (Å²) in [4.78, 5) is 0. The average Bonchev–Trinajstić information content (AvgIpc) is 1.91. The van der Waals surface area contributed by atoms with Crippen LogP contribution in [-0.4, -0.2) is 23.8 Å². The van der Waals surface area contributed by atoms with Crippen LogP contribution in [0.5, 0.6) is 0 Å². The van der Waals surface area contributed by atoms with Crippen LogP contribution in [0.15, 0.2) is 0 Å². The second-order valence-corrected chi connectivity index (χ2v) is 2.10. The molecule has 0 aromatic rings. The maximum atomic E-state index is 8.94. The van der Waals surface area contributed by atoms with Gasteiger partial charge in [-0.2, -0.15) is 0 Å². The van der Waals surface area contributed by atoms with E-state index < -0.39 is 0 Å². The highest BCUT2D eigenvalue weighted by molar-refractivity contribution is 4.78. The zero-order valence-corrected chi connectivity index (χ0v) is 4.52. The molecule has 1 fully saturated rings. The maximum absolute atomic E-state index is 8.94. The summed E-state index contributed by atoms with van der Waals surface area (Å²) in [6, 6.07) is 0.319. The summed E-state index contributed by atoms with van der Waals surface area (Å²) in [6.07, 6.45) is 0.821. The summed E-state index contributed by atoms with van der Waals surface area (Å²) in [5.41, 5.74) is 0. The van der Waals surface area contributed by atoms with Crippen LogP contribution in [-0.2, 0) is 0 Å². The van der Waals surface area contributed by atoms with Crippen LogP contribution in [0.1, 0.15) is 13.3 Å². The number of rotatable bonds is 0. The molecule has 0 unspecified atom stereocenters. The first-order valence-electron chi connectivity index (χ1n) is 2.72. The summed E-state index contributed by atoms with van der Waals surface area (Å²) in [7, 11) is 0. The molecule has 0 spiro atoms. The van der Waals surface area contributed by atoms with Crippen LogP contribution < -0.4 is 5.32 Å². The van der Waals surface area contributed by atoms with E-state index in [2.05, 4.69) is 5.32 Å². The molecule has 0 amide bonds. The molecule has 42 valence electrons. The Balaban J connectivity index is 2.33. The van der Waals surface area contributed by atoms with Gasteiger partial charge >= 0.3 is 0 Å². The van der Waals surface area contributed by atoms with E-state index in [1.54, 1.807) is 0 Å². The predicted octanol–water partition coefficient (Wildman–Crippen LogP) is -0.271. The van der Waals surface area contributed by atoms with Crippen molar-refractivity contribution in [2.24, 2.45) is 0 Å². The van der Waals surface area contributed by atoms with Crippen molar-refractivity contribution in [3.05, 3.63) is 0 Å². The minimum Gasteiger partial charge on any atom is -0.391 e. The normalized spacial score (nSPS) is 42.0. The largest absolute Gasteiger partial charge is 0.391 e. The third-order valence-electron chi connectivity index (χ3n) is 1.48. The van der Waals surface area contributed by atoms with E-state index in [-0.39, 0.29) is 6.10 Å². The first kappa shape index (κ1) is 5.06. The van der Waals surface area contributed by atoms with Gasteiger partial charge in [0.2, 0.25) is 0 Å². The van der Waals surface area contributed by atoms with Crippen molar-refractivity contribution in [1.82, 2.24) is 5.32 Å². The first-order valence-corrected chi connectivity index (χ1v) is 2.72. The molecule has 2 N–H and O–H groups in total. The van der Waals surface area contributed by atoms with Gasteiger partial charge in [0, 0.05) is 6.04 Å². The topological polar surface area (TPSA) is 32.3 Å². The van der Waals surface area contributed by atoms with Crippen LogP contribution >= 0.6 is 0 Å². The van der Waals surface area contributed by atoms with Crippen molar-refractivity contribution in [3.63, 3.8) is 0 Å². The summed E-state index contributed by atoms with van der Waals surface area (Å²) in [6.45, 7) is 2.97. The molecular formula is C5H11NO. The SMILES string of the molecule is C[C@@H]1NCC[C@@H]1O. The third-order valence-corrected chi connectivity index (χ3v) is 1.48. The highest BCUT2D eigenvalue weighted by Crippen LogP contribution is 2.03. The Morgan fingerprint density at radius 2 is 2.43 bits per heavy atom. The van der Waals surface area contributed by atoms with Crippen molar-refractivity contribution in [3.8, 4) is 0 Å². The van der Waals surface area contributed by atoms with E-state index in [0.29, 0.717) is 6.04 Å². The third kappa shape index (κ3) is 0.924. The Hall–Kier alpha value is -0.0800. The van der Waals surface area contributed by atoms with Crippen LogP contribution in [0.25, 0.3) is 0 Å². The lowest BCUT2D eigenvalue weighted by molar-refractivity contribution is 0.166. The number of aliphatic hydroxyl groups is 1. The number of nitrogens with one attached hydrogen (secondary N) is 1. The lowest BCUT2D eigenvalue weighted by Crippen LogP contribution is -2.25. The zero-order valence-electron chi connectivity index (χ0n) is 4.52. The van der Waals surface area contributed by atoms with E-state index >= 15 is 0 Å². The van der Waals surface area contributed by atoms with Crippen LogP contribution in [0.2, 0.25) is 0 Å². The fourth-order valence-corrected chi connectivity index (χ4v) is 0.845. The molecule has 7 heavy (non-hydrogen) atoms. The minimum absolute atomic E-state index is 0.0972. The second-order valence-electron chi connectivity index (χ2n) is 2.10. The summed E-state index contributed by atoms with van der Waals surface area (Å²) in [5, 5.41) is 12.1. The van der Waals surface area contributed by atoms with Gasteiger partial charge in [0.15, 0.2) is 0 Å². The van der Waals surface area contributed by atoms with Crippen molar-refractivity contribution in [1.29, 1.82) is 0 Å². The van der Waals surface area contributed by atoms with Gasteiger partial charge in [0.25, 0.3) is 0 Å². The molecule has 1 aliphatic heterocycles.